The number of rotatable bonds is 4. The molecule has 0 bridgehead atoms. The van der Waals surface area contributed by atoms with Gasteiger partial charge >= 0.3 is 0 Å². The van der Waals surface area contributed by atoms with Crippen LogP contribution >= 0.6 is 11.6 Å². The Labute approximate surface area is 216 Å². The Balaban J connectivity index is 1.32. The summed E-state index contributed by atoms with van der Waals surface area (Å²) in [7, 11) is 0. The number of hydrogen-bond donors (Lipinski definition) is 1. The molecule has 188 valence electrons. The van der Waals surface area contributed by atoms with Crippen LogP contribution in [0.4, 0.5) is 10.1 Å². The van der Waals surface area contributed by atoms with Crippen LogP contribution in [-0.2, 0) is 0 Å². The van der Waals surface area contributed by atoms with Crippen LogP contribution in [0.25, 0.3) is 11.4 Å². The number of hydrogen-bond acceptors (Lipinski definition) is 6. The molecule has 2 aromatic carbocycles. The lowest BCUT2D eigenvalue weighted by Crippen LogP contribution is -2.42. The molecule has 9 nitrogen and oxygen atoms in total. The van der Waals surface area contributed by atoms with Gasteiger partial charge in [-0.05, 0) is 56.5 Å². The maximum atomic E-state index is 14.5. The van der Waals surface area contributed by atoms with Crippen molar-refractivity contribution in [2.75, 3.05) is 12.3 Å². The molecule has 1 aliphatic carbocycles. The summed E-state index contributed by atoms with van der Waals surface area (Å²) in [5.41, 5.74) is 7.26. The number of halogens is 2. The van der Waals surface area contributed by atoms with Gasteiger partial charge in [-0.25, -0.2) is 13.8 Å². The Hall–Kier alpha value is -4.05. The van der Waals surface area contributed by atoms with Gasteiger partial charge in [0.15, 0.2) is 5.69 Å². The lowest BCUT2D eigenvalue weighted by atomic mass is 9.94. The molecular weight excluding hydrogens is 497 g/mol. The zero-order chi connectivity index (χ0) is 25.9. The number of nitrogens with two attached hydrogens (primary N) is 1. The van der Waals surface area contributed by atoms with Crippen molar-refractivity contribution >= 4 is 23.2 Å². The van der Waals surface area contributed by atoms with Crippen LogP contribution in [0.15, 0.2) is 59.5 Å². The minimum atomic E-state index is -0.497. The molecular formula is C26H23ClFN7O2. The van der Waals surface area contributed by atoms with Crippen molar-refractivity contribution in [2.45, 2.75) is 37.6 Å². The summed E-state index contributed by atoms with van der Waals surface area (Å²) in [4.78, 5) is 28.2. The fourth-order valence-corrected chi connectivity index (χ4v) is 5.57. The predicted molar refractivity (Wildman–Crippen MR) is 136 cm³/mol. The monoisotopic (exact) mass is 519 g/mol. The first-order chi connectivity index (χ1) is 17.8. The summed E-state index contributed by atoms with van der Waals surface area (Å²) in [6, 6.07) is 12.6. The Morgan fingerprint density at radius 1 is 1.16 bits per heavy atom. The number of benzene rings is 2. The first-order valence-electron chi connectivity index (χ1n) is 11.9. The highest BCUT2D eigenvalue weighted by Crippen LogP contribution is 2.57. The second-order valence-corrected chi connectivity index (χ2v) is 9.97. The van der Waals surface area contributed by atoms with Crippen molar-refractivity contribution in [2.24, 2.45) is 0 Å². The number of carbonyl (C=O) groups excluding carboxylic acids is 1. The third-order valence-electron chi connectivity index (χ3n) is 7.31. The molecule has 1 amide bonds. The van der Waals surface area contributed by atoms with Gasteiger partial charge in [0, 0.05) is 29.9 Å². The van der Waals surface area contributed by atoms with E-state index >= 15 is 0 Å². The van der Waals surface area contributed by atoms with Gasteiger partial charge < -0.3 is 10.6 Å². The van der Waals surface area contributed by atoms with Gasteiger partial charge in [-0.2, -0.15) is 5.10 Å². The third-order valence-corrected chi connectivity index (χ3v) is 7.63. The second-order valence-electron chi connectivity index (χ2n) is 9.56. The molecule has 37 heavy (non-hydrogen) atoms. The Kier molecular flexibility index (Phi) is 5.38. The number of aryl methyl sites for hydroxylation is 1. The molecule has 1 saturated carbocycles. The van der Waals surface area contributed by atoms with Crippen LogP contribution in [-0.4, -0.2) is 47.7 Å². The van der Waals surface area contributed by atoms with Crippen molar-refractivity contribution in [1.82, 2.24) is 29.7 Å². The van der Waals surface area contributed by atoms with E-state index in [1.54, 1.807) is 52.9 Å². The Morgan fingerprint density at radius 3 is 2.70 bits per heavy atom. The zero-order valence-electron chi connectivity index (χ0n) is 19.9. The lowest BCUT2D eigenvalue weighted by molar-refractivity contribution is 0.0699. The van der Waals surface area contributed by atoms with Crippen molar-refractivity contribution < 1.29 is 9.18 Å². The number of likely N-dealkylation sites (tertiary alicyclic amines) is 1. The quantitative estimate of drug-likeness (QED) is 0.412. The van der Waals surface area contributed by atoms with Crippen LogP contribution in [0.2, 0.25) is 5.02 Å². The van der Waals surface area contributed by atoms with Crippen LogP contribution in [0.5, 0.6) is 0 Å². The van der Waals surface area contributed by atoms with Crippen LogP contribution in [0.3, 0.4) is 0 Å². The summed E-state index contributed by atoms with van der Waals surface area (Å²) < 4.78 is 17.4. The molecule has 2 aliphatic rings. The summed E-state index contributed by atoms with van der Waals surface area (Å²) in [5, 5.41) is 13.5. The van der Waals surface area contributed by atoms with E-state index in [1.165, 1.54) is 16.8 Å². The minimum absolute atomic E-state index is 0.0516. The van der Waals surface area contributed by atoms with Crippen molar-refractivity contribution in [3.05, 3.63) is 92.9 Å². The van der Waals surface area contributed by atoms with E-state index in [9.17, 15) is 14.0 Å². The molecule has 2 fully saturated rings. The minimum Gasteiger partial charge on any atom is -0.399 e. The standard InChI is InChI=1S/C26H23ClFN7O2/c1-15-12-23(36)24(31-35(15)21-5-3-2-4-19(21)28)25(37)33-11-8-17(26(33)9-10-26)20-14-34(32-30-20)22-13-16(29)6-7-18(22)27/h2-7,12-14,17H,8-11,29H2,1H3. The highest BCUT2D eigenvalue weighted by atomic mass is 35.5. The molecule has 0 radical (unpaired) electrons. The van der Waals surface area contributed by atoms with E-state index in [2.05, 4.69) is 15.4 Å². The number of nitrogen functional groups attached to an aromatic ring is 1. The van der Waals surface area contributed by atoms with Crippen LogP contribution in [0.1, 0.15) is 47.1 Å². The van der Waals surface area contributed by atoms with Gasteiger partial charge in [-0.15, -0.1) is 5.10 Å². The average molecular weight is 520 g/mol. The lowest BCUT2D eigenvalue weighted by Gasteiger charge is -2.27. The number of nitrogens with zero attached hydrogens (tertiary/aromatic N) is 6. The molecule has 1 aliphatic heterocycles. The van der Waals surface area contributed by atoms with Crippen LogP contribution < -0.4 is 11.2 Å². The van der Waals surface area contributed by atoms with E-state index in [0.717, 1.165) is 18.5 Å². The van der Waals surface area contributed by atoms with Gasteiger partial charge in [0.1, 0.15) is 11.5 Å². The summed E-state index contributed by atoms with van der Waals surface area (Å²) >= 11 is 6.33. The van der Waals surface area contributed by atoms with Gasteiger partial charge in [0.25, 0.3) is 5.91 Å². The number of amides is 1. The highest BCUT2D eigenvalue weighted by Gasteiger charge is 2.60. The fraction of sp³-hybridized carbons (Fsp3) is 0.269. The van der Waals surface area contributed by atoms with Gasteiger partial charge in [-0.3, -0.25) is 9.59 Å². The molecule has 1 unspecified atom stereocenters. The van der Waals surface area contributed by atoms with Gasteiger partial charge in [-0.1, -0.05) is 28.9 Å². The molecule has 3 heterocycles. The summed E-state index contributed by atoms with van der Waals surface area (Å²) in [5.74, 6) is -1.01. The van der Waals surface area contributed by atoms with E-state index in [0.29, 0.717) is 35.1 Å². The Morgan fingerprint density at radius 2 is 1.95 bits per heavy atom. The first-order valence-corrected chi connectivity index (χ1v) is 12.3. The van der Waals surface area contributed by atoms with E-state index in [-0.39, 0.29) is 17.3 Å². The molecule has 1 atom stereocenters. The number of aromatic nitrogens is 5. The van der Waals surface area contributed by atoms with Crippen molar-refractivity contribution in [1.29, 1.82) is 0 Å². The smallest absolute Gasteiger partial charge is 0.278 e. The fourth-order valence-electron chi connectivity index (χ4n) is 5.36. The van der Waals surface area contributed by atoms with Gasteiger partial charge in [0.05, 0.1) is 28.1 Å². The first kappa shape index (κ1) is 23.4. The van der Waals surface area contributed by atoms with Gasteiger partial charge in [0.2, 0.25) is 5.43 Å². The number of para-hydroxylation sites is 1. The Bertz CT molecular complexity index is 1610. The van der Waals surface area contributed by atoms with E-state index in [1.807, 2.05) is 6.20 Å². The second kappa shape index (κ2) is 8.52. The maximum Gasteiger partial charge on any atom is 0.278 e. The molecule has 2 N–H and O–H groups in total. The number of carbonyl (C=O) groups is 1. The third kappa shape index (κ3) is 3.79. The van der Waals surface area contributed by atoms with Crippen molar-refractivity contribution in [3.63, 3.8) is 0 Å². The molecule has 1 spiro atoms. The average Bonchev–Trinajstić information content (AvgIpc) is 3.35. The summed E-state index contributed by atoms with van der Waals surface area (Å²) in [6.07, 6.45) is 4.04. The van der Waals surface area contributed by atoms with Crippen molar-refractivity contribution in [3.8, 4) is 11.4 Å². The molecule has 1 saturated heterocycles. The maximum absolute atomic E-state index is 14.5. The molecule has 11 heteroatoms. The summed E-state index contributed by atoms with van der Waals surface area (Å²) in [6.45, 7) is 2.10. The molecule has 4 aromatic rings. The molecule has 2 aromatic heterocycles. The molecule has 6 rings (SSSR count). The topological polar surface area (TPSA) is 112 Å². The highest BCUT2D eigenvalue weighted by molar-refractivity contribution is 6.32. The normalized spacial score (nSPS) is 17.9. The number of anilines is 1. The predicted octanol–water partition coefficient (Wildman–Crippen LogP) is 3.66. The van der Waals surface area contributed by atoms with E-state index < -0.39 is 22.7 Å². The SMILES string of the molecule is Cc1cc(=O)c(C(=O)N2CCC(c3cn(-c4cc(N)ccc4Cl)nn3)C23CC3)nn1-c1ccccc1F. The zero-order valence-corrected chi connectivity index (χ0v) is 20.7. The largest absolute Gasteiger partial charge is 0.399 e. The van der Waals surface area contributed by atoms with Crippen LogP contribution in [0, 0.1) is 12.7 Å². The van der Waals surface area contributed by atoms with E-state index in [4.69, 9.17) is 17.3 Å².